The van der Waals surface area contributed by atoms with Gasteiger partial charge in [0.05, 0.1) is 24.6 Å². The summed E-state index contributed by atoms with van der Waals surface area (Å²) in [6.07, 6.45) is 5.27. The molecule has 1 N–H and O–H groups in total. The summed E-state index contributed by atoms with van der Waals surface area (Å²) in [6, 6.07) is 11.5. The highest BCUT2D eigenvalue weighted by Gasteiger charge is 2.19. The maximum Gasteiger partial charge on any atom is 0.175 e. The maximum absolute atomic E-state index is 8.80. The fourth-order valence-electron chi connectivity index (χ4n) is 3.46. The summed E-state index contributed by atoms with van der Waals surface area (Å²) in [4.78, 5) is 10.5. The third kappa shape index (κ3) is 4.70. The van der Waals surface area contributed by atoms with Crippen LogP contribution in [0.1, 0.15) is 18.5 Å². The molecule has 3 aromatic rings. The van der Waals surface area contributed by atoms with Gasteiger partial charge in [-0.15, -0.1) is 0 Å². The van der Waals surface area contributed by atoms with E-state index in [4.69, 9.17) is 14.5 Å². The van der Waals surface area contributed by atoms with Gasteiger partial charge in [0.15, 0.2) is 17.3 Å². The second kappa shape index (κ2) is 8.71. The lowest BCUT2D eigenvalue weighted by molar-refractivity contribution is 0.150. The third-order valence-corrected chi connectivity index (χ3v) is 4.88. The van der Waals surface area contributed by atoms with Gasteiger partial charge in [-0.1, -0.05) is 17.3 Å². The van der Waals surface area contributed by atoms with Crippen molar-refractivity contribution < 1.29 is 9.26 Å². The van der Waals surface area contributed by atoms with Crippen molar-refractivity contribution in [1.82, 2.24) is 20.0 Å². The van der Waals surface area contributed by atoms with E-state index in [9.17, 15) is 0 Å². The first-order valence-electron chi connectivity index (χ1n) is 9.58. The van der Waals surface area contributed by atoms with E-state index in [1.165, 1.54) is 25.2 Å². The number of likely N-dealkylation sites (tertiary alicyclic amines) is 1. The fourth-order valence-corrected chi connectivity index (χ4v) is 3.46. The summed E-state index contributed by atoms with van der Waals surface area (Å²) in [5.41, 5.74) is 1.11. The molecule has 2 aromatic heterocycles. The van der Waals surface area contributed by atoms with Gasteiger partial charge in [0.25, 0.3) is 0 Å². The predicted octanol–water partition coefficient (Wildman–Crippen LogP) is 3.47. The Morgan fingerprint density at radius 2 is 2.17 bits per heavy atom. The van der Waals surface area contributed by atoms with E-state index >= 15 is 0 Å². The number of nitriles is 1. The molecule has 1 aliphatic rings. The summed E-state index contributed by atoms with van der Waals surface area (Å²) in [7, 11) is 2.15. The molecular weight excluding hydrogens is 368 g/mol. The Bertz CT molecular complexity index is 995. The summed E-state index contributed by atoms with van der Waals surface area (Å²) in [6.45, 7) is 2.90. The summed E-state index contributed by atoms with van der Waals surface area (Å²) in [5, 5.41) is 15.9. The average molecular weight is 390 g/mol. The van der Waals surface area contributed by atoms with Crippen LogP contribution in [0.2, 0.25) is 0 Å². The van der Waals surface area contributed by atoms with Crippen LogP contribution in [-0.2, 0) is 0 Å². The molecule has 0 amide bonds. The Labute approximate surface area is 169 Å². The van der Waals surface area contributed by atoms with E-state index in [0.717, 1.165) is 24.4 Å². The van der Waals surface area contributed by atoms with E-state index in [0.29, 0.717) is 29.9 Å². The highest BCUT2D eigenvalue weighted by atomic mass is 16.5. The van der Waals surface area contributed by atoms with Crippen LogP contribution < -0.4 is 10.1 Å². The minimum atomic E-state index is 0.256. The Morgan fingerprint density at radius 3 is 2.97 bits per heavy atom. The number of benzene rings is 1. The van der Waals surface area contributed by atoms with Crippen molar-refractivity contribution in [2.24, 2.45) is 5.92 Å². The van der Waals surface area contributed by atoms with E-state index in [2.05, 4.69) is 32.4 Å². The summed E-state index contributed by atoms with van der Waals surface area (Å²) >= 11 is 0. The molecule has 1 fully saturated rings. The molecule has 0 bridgehead atoms. The monoisotopic (exact) mass is 390 g/mol. The minimum Gasteiger partial charge on any atom is -0.492 e. The molecule has 0 saturated carbocycles. The van der Waals surface area contributed by atoms with Gasteiger partial charge >= 0.3 is 0 Å². The minimum absolute atomic E-state index is 0.256. The predicted molar refractivity (Wildman–Crippen MR) is 108 cm³/mol. The van der Waals surface area contributed by atoms with Gasteiger partial charge in [-0.3, -0.25) is 0 Å². The van der Waals surface area contributed by atoms with Crippen molar-refractivity contribution in [3.63, 3.8) is 0 Å². The third-order valence-electron chi connectivity index (χ3n) is 4.88. The molecule has 0 aliphatic carbocycles. The molecule has 1 unspecified atom stereocenters. The van der Waals surface area contributed by atoms with Crippen LogP contribution in [0.4, 0.5) is 11.6 Å². The topological polar surface area (TPSA) is 100 Å². The summed E-state index contributed by atoms with van der Waals surface area (Å²) in [5.74, 6) is 2.90. The van der Waals surface area contributed by atoms with Gasteiger partial charge in [-0.2, -0.15) is 5.26 Å². The zero-order valence-electron chi connectivity index (χ0n) is 16.2. The fraction of sp³-hybridized carbons (Fsp3) is 0.333. The number of nitrogens with zero attached hydrogens (tertiary/aromatic N) is 5. The molecular formula is C21H22N6O2. The second-order valence-electron chi connectivity index (χ2n) is 7.18. The van der Waals surface area contributed by atoms with Crippen molar-refractivity contribution in [3.05, 3.63) is 48.4 Å². The quantitative estimate of drug-likeness (QED) is 0.683. The number of piperidine rings is 1. The highest BCUT2D eigenvalue weighted by molar-refractivity contribution is 5.68. The van der Waals surface area contributed by atoms with Crippen molar-refractivity contribution in [1.29, 1.82) is 5.26 Å². The standard InChI is InChI=1S/C21H22N6O2/c1-27-8-4-5-15(13-27)14-28-18-7-3-2-6-17(18)19-9-20(26-29-19)25-21-12-23-16(10-22)11-24-21/h2-3,6-7,9,11-12,15H,4-5,8,13-14H2,1H3,(H,24,25,26). The van der Waals surface area contributed by atoms with Crippen LogP contribution in [0.5, 0.6) is 5.75 Å². The Hall–Kier alpha value is -3.44. The van der Waals surface area contributed by atoms with Gasteiger partial charge in [-0.05, 0) is 38.6 Å². The van der Waals surface area contributed by atoms with Crippen LogP contribution >= 0.6 is 0 Å². The van der Waals surface area contributed by atoms with Crippen molar-refractivity contribution in [2.45, 2.75) is 12.8 Å². The van der Waals surface area contributed by atoms with Crippen molar-refractivity contribution >= 4 is 11.6 Å². The van der Waals surface area contributed by atoms with Crippen LogP contribution in [0, 0.1) is 17.2 Å². The van der Waals surface area contributed by atoms with E-state index in [-0.39, 0.29) is 5.69 Å². The number of rotatable bonds is 6. The Morgan fingerprint density at radius 1 is 1.28 bits per heavy atom. The Balaban J connectivity index is 1.45. The van der Waals surface area contributed by atoms with Gasteiger partial charge in [0.2, 0.25) is 0 Å². The van der Waals surface area contributed by atoms with Gasteiger partial charge in [-0.25, -0.2) is 9.97 Å². The zero-order chi connectivity index (χ0) is 20.1. The number of aromatic nitrogens is 3. The zero-order valence-corrected chi connectivity index (χ0v) is 16.2. The average Bonchev–Trinajstić information content (AvgIpc) is 3.21. The molecule has 1 atom stereocenters. The molecule has 1 aliphatic heterocycles. The number of hydrogen-bond donors (Lipinski definition) is 1. The molecule has 1 aromatic carbocycles. The largest absolute Gasteiger partial charge is 0.492 e. The number of nitrogens with one attached hydrogen (secondary N) is 1. The molecule has 0 spiro atoms. The van der Waals surface area contributed by atoms with E-state index < -0.39 is 0 Å². The Kier molecular flexibility index (Phi) is 5.68. The van der Waals surface area contributed by atoms with Gasteiger partial charge in [0, 0.05) is 18.5 Å². The van der Waals surface area contributed by atoms with Gasteiger partial charge in [0.1, 0.15) is 17.6 Å². The second-order valence-corrected chi connectivity index (χ2v) is 7.18. The summed E-state index contributed by atoms with van der Waals surface area (Å²) < 4.78 is 11.7. The molecule has 4 rings (SSSR count). The first-order valence-corrected chi connectivity index (χ1v) is 9.58. The maximum atomic E-state index is 8.80. The SMILES string of the molecule is CN1CCCC(COc2ccccc2-c2cc(Nc3cnc(C#N)cn3)no2)C1. The first-order chi connectivity index (χ1) is 14.2. The molecule has 148 valence electrons. The lowest BCUT2D eigenvalue weighted by Crippen LogP contribution is -2.34. The van der Waals surface area contributed by atoms with E-state index in [1.54, 1.807) is 6.07 Å². The van der Waals surface area contributed by atoms with Crippen molar-refractivity contribution in [3.8, 4) is 23.1 Å². The van der Waals surface area contributed by atoms with Crippen molar-refractivity contribution in [2.75, 3.05) is 32.1 Å². The molecule has 0 radical (unpaired) electrons. The molecule has 8 heteroatoms. The molecule has 1 saturated heterocycles. The number of anilines is 2. The lowest BCUT2D eigenvalue weighted by Gasteiger charge is -2.29. The normalized spacial score (nSPS) is 16.9. The number of para-hydroxylation sites is 1. The van der Waals surface area contributed by atoms with Crippen LogP contribution in [0.3, 0.4) is 0 Å². The van der Waals surface area contributed by atoms with Gasteiger partial charge < -0.3 is 19.5 Å². The molecule has 29 heavy (non-hydrogen) atoms. The smallest absolute Gasteiger partial charge is 0.175 e. The first kappa shape index (κ1) is 18.9. The number of hydrogen-bond acceptors (Lipinski definition) is 8. The molecule has 8 nitrogen and oxygen atoms in total. The lowest BCUT2D eigenvalue weighted by atomic mass is 9.99. The highest BCUT2D eigenvalue weighted by Crippen LogP contribution is 2.32. The molecule has 3 heterocycles. The van der Waals surface area contributed by atoms with E-state index in [1.807, 2.05) is 30.3 Å². The number of ether oxygens (including phenoxy) is 1. The van der Waals surface area contributed by atoms with Crippen LogP contribution in [-0.4, -0.2) is 46.8 Å². The van der Waals surface area contributed by atoms with Crippen LogP contribution in [0.15, 0.2) is 47.2 Å². The van der Waals surface area contributed by atoms with Crippen LogP contribution in [0.25, 0.3) is 11.3 Å².